The minimum absolute atomic E-state index is 0.912. The summed E-state index contributed by atoms with van der Waals surface area (Å²) in [5.74, 6) is 0. The van der Waals surface area contributed by atoms with Crippen molar-refractivity contribution in [2.45, 2.75) is 0 Å². The second-order valence-electron chi connectivity index (χ2n) is 15.8. The standard InChI is InChI=1S/C58H34O/c1-2-16-39-38(15-1)42(51-24-12-25-52-43-18-9-10-26-53(43)59-58(51)52)33-34-50(39)57-47-22-7-5-20-45(47)56(46-21-6-8-23-48(46)57)44-19-4-3-17-40(44)41-31-29-37-28-27-35-13-11-14-36-30-32-49(41)55(37)54(35)36/h1-34H. The van der Waals surface area contributed by atoms with E-state index in [0.717, 1.165) is 27.5 Å². The third kappa shape index (κ3) is 4.62. The summed E-state index contributed by atoms with van der Waals surface area (Å²) in [6.07, 6.45) is 0. The van der Waals surface area contributed by atoms with Gasteiger partial charge in [-0.15, -0.1) is 0 Å². The Kier molecular flexibility index (Phi) is 6.79. The van der Waals surface area contributed by atoms with Crippen LogP contribution in [0.25, 0.3) is 131 Å². The van der Waals surface area contributed by atoms with Crippen LogP contribution in [0.1, 0.15) is 0 Å². The summed E-state index contributed by atoms with van der Waals surface area (Å²) in [6.45, 7) is 0. The molecule has 1 heteroatoms. The molecule has 1 aromatic heterocycles. The molecule has 0 atom stereocenters. The van der Waals surface area contributed by atoms with Gasteiger partial charge in [0.2, 0.25) is 0 Å². The van der Waals surface area contributed by atoms with Gasteiger partial charge in [0.1, 0.15) is 11.2 Å². The molecule has 1 nitrogen and oxygen atoms in total. The highest BCUT2D eigenvalue weighted by Gasteiger charge is 2.22. The molecule has 0 bridgehead atoms. The normalized spacial score (nSPS) is 12.1. The van der Waals surface area contributed by atoms with Crippen LogP contribution in [0.4, 0.5) is 0 Å². The van der Waals surface area contributed by atoms with Crippen molar-refractivity contribution in [1.82, 2.24) is 0 Å². The molecule has 0 saturated heterocycles. The molecule has 272 valence electrons. The molecule has 0 N–H and O–H groups in total. The maximum Gasteiger partial charge on any atom is 0.143 e. The fourth-order valence-corrected chi connectivity index (χ4v) is 10.3. The van der Waals surface area contributed by atoms with E-state index in [4.69, 9.17) is 4.42 Å². The van der Waals surface area contributed by atoms with E-state index in [1.54, 1.807) is 0 Å². The highest BCUT2D eigenvalue weighted by Crippen LogP contribution is 2.50. The molecule has 0 amide bonds. The lowest BCUT2D eigenvalue weighted by molar-refractivity contribution is 0.670. The number of hydrogen-bond acceptors (Lipinski definition) is 1. The summed E-state index contributed by atoms with van der Waals surface area (Å²) < 4.78 is 6.57. The van der Waals surface area contributed by atoms with Crippen LogP contribution in [-0.2, 0) is 0 Å². The third-order valence-electron chi connectivity index (χ3n) is 12.8. The van der Waals surface area contributed by atoms with Crippen molar-refractivity contribution in [2.24, 2.45) is 0 Å². The van der Waals surface area contributed by atoms with Gasteiger partial charge in [0.25, 0.3) is 0 Å². The number of furan rings is 1. The van der Waals surface area contributed by atoms with Crippen LogP contribution in [0, 0.1) is 0 Å². The second kappa shape index (κ2) is 12.4. The first-order valence-corrected chi connectivity index (χ1v) is 20.4. The molecule has 0 saturated carbocycles. The molecule has 0 radical (unpaired) electrons. The van der Waals surface area contributed by atoms with Crippen LogP contribution < -0.4 is 0 Å². The summed E-state index contributed by atoms with van der Waals surface area (Å²) in [7, 11) is 0. The lowest BCUT2D eigenvalue weighted by Gasteiger charge is -2.21. The molecule has 0 aliphatic heterocycles. The van der Waals surface area contributed by atoms with Crippen molar-refractivity contribution < 1.29 is 4.42 Å². The van der Waals surface area contributed by atoms with Gasteiger partial charge >= 0.3 is 0 Å². The molecule has 0 aliphatic rings. The molecule has 12 aromatic carbocycles. The van der Waals surface area contributed by atoms with Gasteiger partial charge in [0.15, 0.2) is 0 Å². The molecule has 1 heterocycles. The van der Waals surface area contributed by atoms with Gasteiger partial charge in [-0.2, -0.15) is 0 Å². The molecule has 0 aliphatic carbocycles. The number of fused-ring (bicyclic) bond motifs is 6. The molecule has 13 rings (SSSR count). The van der Waals surface area contributed by atoms with Crippen LogP contribution in [0.5, 0.6) is 0 Å². The molecular formula is C58H34O. The zero-order chi connectivity index (χ0) is 38.6. The summed E-state index contributed by atoms with van der Waals surface area (Å²) in [5, 5.41) is 17.5. The Morgan fingerprint density at radius 1 is 0.220 bits per heavy atom. The van der Waals surface area contributed by atoms with E-state index < -0.39 is 0 Å². The molecule has 13 aromatic rings. The number of benzene rings is 12. The van der Waals surface area contributed by atoms with Crippen molar-refractivity contribution in [3.8, 4) is 44.5 Å². The van der Waals surface area contributed by atoms with Gasteiger partial charge in [-0.25, -0.2) is 0 Å². The summed E-state index contributed by atoms with van der Waals surface area (Å²) in [5.41, 5.74) is 11.6. The topological polar surface area (TPSA) is 13.1 Å². The van der Waals surface area contributed by atoms with Gasteiger partial charge in [-0.3, -0.25) is 0 Å². The molecule has 59 heavy (non-hydrogen) atoms. The largest absolute Gasteiger partial charge is 0.455 e. The molecule has 0 fully saturated rings. The van der Waals surface area contributed by atoms with E-state index in [9.17, 15) is 0 Å². The quantitative estimate of drug-likeness (QED) is 0.129. The average Bonchev–Trinajstić information content (AvgIpc) is 3.69. The smallest absolute Gasteiger partial charge is 0.143 e. The van der Waals surface area contributed by atoms with Crippen LogP contribution in [-0.4, -0.2) is 0 Å². The SMILES string of the molecule is c1ccc(-c2ccc3ccc4cccc5ccc2c3c45)c(-c2c3ccccc3c(-c3ccc(-c4cccc5c4oc4ccccc45)c4ccccc34)c3ccccc23)c1. The van der Waals surface area contributed by atoms with Crippen molar-refractivity contribution in [1.29, 1.82) is 0 Å². The van der Waals surface area contributed by atoms with E-state index in [1.165, 1.54) is 104 Å². The van der Waals surface area contributed by atoms with E-state index in [0.29, 0.717) is 0 Å². The minimum atomic E-state index is 0.912. The Morgan fingerprint density at radius 3 is 1.37 bits per heavy atom. The Morgan fingerprint density at radius 2 is 0.661 bits per heavy atom. The fourth-order valence-electron chi connectivity index (χ4n) is 10.3. The third-order valence-corrected chi connectivity index (χ3v) is 12.8. The van der Waals surface area contributed by atoms with Gasteiger partial charge < -0.3 is 4.42 Å². The number of rotatable bonds is 4. The minimum Gasteiger partial charge on any atom is -0.455 e. The predicted octanol–water partition coefficient (Wildman–Crippen LogP) is 16.6. The Labute approximate surface area is 340 Å². The maximum atomic E-state index is 6.57. The van der Waals surface area contributed by atoms with Gasteiger partial charge in [0.05, 0.1) is 0 Å². The van der Waals surface area contributed by atoms with E-state index >= 15 is 0 Å². The molecule has 0 spiro atoms. The summed E-state index contributed by atoms with van der Waals surface area (Å²) in [6, 6.07) is 75.9. The fraction of sp³-hybridized carbons (Fsp3) is 0. The van der Waals surface area contributed by atoms with Crippen molar-refractivity contribution in [3.63, 3.8) is 0 Å². The second-order valence-corrected chi connectivity index (χ2v) is 15.8. The van der Waals surface area contributed by atoms with Gasteiger partial charge in [-0.05, 0) is 110 Å². The monoisotopic (exact) mass is 746 g/mol. The zero-order valence-corrected chi connectivity index (χ0v) is 32.0. The van der Waals surface area contributed by atoms with Crippen molar-refractivity contribution >= 4 is 86.6 Å². The van der Waals surface area contributed by atoms with E-state index in [-0.39, 0.29) is 0 Å². The van der Waals surface area contributed by atoms with Gasteiger partial charge in [0, 0.05) is 16.3 Å². The molecular weight excluding hydrogens is 713 g/mol. The summed E-state index contributed by atoms with van der Waals surface area (Å²) >= 11 is 0. The predicted molar refractivity (Wildman–Crippen MR) is 252 cm³/mol. The van der Waals surface area contributed by atoms with Crippen molar-refractivity contribution in [2.75, 3.05) is 0 Å². The van der Waals surface area contributed by atoms with E-state index in [2.05, 4.69) is 200 Å². The summed E-state index contributed by atoms with van der Waals surface area (Å²) in [4.78, 5) is 0. The van der Waals surface area contributed by atoms with E-state index in [1.807, 2.05) is 6.07 Å². The lowest BCUT2D eigenvalue weighted by atomic mass is 9.81. The first-order chi connectivity index (χ1) is 29.3. The Bertz CT molecular complexity index is 3770. The Hall–Kier alpha value is -7.74. The maximum absolute atomic E-state index is 6.57. The van der Waals surface area contributed by atoms with Crippen LogP contribution >= 0.6 is 0 Å². The zero-order valence-electron chi connectivity index (χ0n) is 32.0. The van der Waals surface area contributed by atoms with Crippen molar-refractivity contribution in [3.05, 3.63) is 206 Å². The van der Waals surface area contributed by atoms with Crippen LogP contribution in [0.2, 0.25) is 0 Å². The first kappa shape index (κ1) is 32.4. The van der Waals surface area contributed by atoms with Gasteiger partial charge in [-0.1, -0.05) is 200 Å². The highest BCUT2D eigenvalue weighted by atomic mass is 16.3. The molecule has 0 unspecified atom stereocenters. The number of hydrogen-bond donors (Lipinski definition) is 0. The average molecular weight is 747 g/mol. The number of para-hydroxylation sites is 2. The van der Waals surface area contributed by atoms with Crippen LogP contribution in [0.3, 0.4) is 0 Å². The Balaban J connectivity index is 1.07. The highest BCUT2D eigenvalue weighted by molar-refractivity contribution is 6.28. The first-order valence-electron chi connectivity index (χ1n) is 20.4. The van der Waals surface area contributed by atoms with Crippen LogP contribution in [0.15, 0.2) is 211 Å². The lowest BCUT2D eigenvalue weighted by Crippen LogP contribution is -1.94.